The molecule has 0 radical (unpaired) electrons. The highest BCUT2D eigenvalue weighted by molar-refractivity contribution is 7.89. The van der Waals surface area contributed by atoms with Crippen LogP contribution in [0, 0.1) is 0 Å². The minimum absolute atomic E-state index is 0.0710. The quantitative estimate of drug-likeness (QED) is 0.457. The first-order valence-electron chi connectivity index (χ1n) is 8.64. The highest BCUT2D eigenvalue weighted by atomic mass is 32.2. The van der Waals surface area contributed by atoms with Gasteiger partial charge in [0.05, 0.1) is 11.3 Å². The molecule has 2 aromatic carbocycles. The van der Waals surface area contributed by atoms with Crippen molar-refractivity contribution >= 4 is 27.8 Å². The van der Waals surface area contributed by atoms with E-state index in [1.807, 2.05) is 6.07 Å². The first-order valence-corrected chi connectivity index (χ1v) is 10.2. The van der Waals surface area contributed by atoms with Crippen LogP contribution in [0.25, 0.3) is 0 Å². The summed E-state index contributed by atoms with van der Waals surface area (Å²) < 4.78 is 22.6. The van der Waals surface area contributed by atoms with Crippen LogP contribution in [0.3, 0.4) is 0 Å². The Morgan fingerprint density at radius 1 is 1.00 bits per heavy atom. The Balaban J connectivity index is 2.13. The summed E-state index contributed by atoms with van der Waals surface area (Å²) in [6, 6.07) is 13.0. The molecule has 0 spiro atoms. The third-order valence-corrected chi connectivity index (χ3v) is 4.92. The van der Waals surface area contributed by atoms with Crippen LogP contribution in [-0.4, -0.2) is 43.9 Å². The van der Waals surface area contributed by atoms with Crippen molar-refractivity contribution in [3.05, 3.63) is 65.7 Å². The van der Waals surface area contributed by atoms with Crippen LogP contribution < -0.4 is 15.8 Å². The fourth-order valence-electron chi connectivity index (χ4n) is 2.51. The molecule has 2 rings (SSSR count). The van der Waals surface area contributed by atoms with Crippen molar-refractivity contribution in [2.45, 2.75) is 23.8 Å². The summed E-state index contributed by atoms with van der Waals surface area (Å²) in [4.78, 5) is 35.5. The molecule has 5 N–H and O–H groups in total. The number of aliphatic carboxylic acids is 1. The molecule has 154 valence electrons. The van der Waals surface area contributed by atoms with Gasteiger partial charge in [0.1, 0.15) is 6.04 Å². The van der Waals surface area contributed by atoms with Gasteiger partial charge in [-0.2, -0.15) is 0 Å². The average Bonchev–Trinajstić information content (AvgIpc) is 2.67. The summed E-state index contributed by atoms with van der Waals surface area (Å²) in [6.45, 7) is -0.0710. The van der Waals surface area contributed by atoms with Crippen molar-refractivity contribution in [1.29, 1.82) is 0 Å². The van der Waals surface area contributed by atoms with Crippen molar-refractivity contribution < 1.29 is 27.9 Å². The number of carbonyl (C=O) groups is 3. The van der Waals surface area contributed by atoms with Gasteiger partial charge in [-0.3, -0.25) is 14.4 Å². The molecular weight excluding hydrogens is 398 g/mol. The van der Waals surface area contributed by atoms with Crippen LogP contribution in [0.15, 0.2) is 59.5 Å². The SMILES string of the molecule is NS(=O)(=O)c1ccc(C(=O)N[C@@H](Cc2ccccc2)C(=O)NCCC(=O)O)cc1. The second-order valence-corrected chi connectivity index (χ2v) is 7.78. The first-order chi connectivity index (χ1) is 13.7. The Hall–Kier alpha value is -3.24. The zero-order valence-electron chi connectivity index (χ0n) is 15.4. The number of nitrogens with two attached hydrogens (primary N) is 1. The number of sulfonamides is 1. The number of carboxylic acid groups (broad SMARTS) is 1. The van der Waals surface area contributed by atoms with Gasteiger partial charge in [0, 0.05) is 18.5 Å². The molecule has 0 aliphatic carbocycles. The van der Waals surface area contributed by atoms with E-state index in [1.54, 1.807) is 24.3 Å². The number of rotatable bonds is 9. The van der Waals surface area contributed by atoms with E-state index in [0.717, 1.165) is 5.56 Å². The molecular formula is C19H21N3O6S. The zero-order valence-corrected chi connectivity index (χ0v) is 16.2. The standard InChI is InChI=1S/C19H21N3O6S/c20-29(27,28)15-8-6-14(7-9-15)18(25)22-16(12-13-4-2-1-3-5-13)19(26)21-11-10-17(23)24/h1-9,16H,10-12H2,(H,21,26)(H,22,25)(H,23,24)(H2,20,27,28)/t16-/m0/s1. The van der Waals surface area contributed by atoms with Gasteiger partial charge in [-0.05, 0) is 29.8 Å². The van der Waals surface area contributed by atoms with E-state index in [4.69, 9.17) is 10.2 Å². The summed E-state index contributed by atoms with van der Waals surface area (Å²) in [5.74, 6) is -2.16. The summed E-state index contributed by atoms with van der Waals surface area (Å²) in [5.41, 5.74) is 0.949. The van der Waals surface area contributed by atoms with Gasteiger partial charge < -0.3 is 15.7 Å². The molecule has 9 nitrogen and oxygen atoms in total. The van der Waals surface area contributed by atoms with E-state index in [-0.39, 0.29) is 29.8 Å². The maximum atomic E-state index is 12.5. The summed E-state index contributed by atoms with van der Waals surface area (Å²) in [6.07, 6.45) is -0.0481. The molecule has 0 heterocycles. The number of primary sulfonamides is 1. The average molecular weight is 419 g/mol. The summed E-state index contributed by atoms with van der Waals surface area (Å²) >= 11 is 0. The second-order valence-electron chi connectivity index (χ2n) is 6.22. The van der Waals surface area contributed by atoms with Crippen LogP contribution in [0.5, 0.6) is 0 Å². The lowest BCUT2D eigenvalue weighted by molar-refractivity contribution is -0.137. The number of amides is 2. The van der Waals surface area contributed by atoms with Gasteiger partial charge in [0.25, 0.3) is 5.91 Å². The number of benzene rings is 2. The van der Waals surface area contributed by atoms with E-state index in [0.29, 0.717) is 0 Å². The minimum Gasteiger partial charge on any atom is -0.481 e. The molecule has 29 heavy (non-hydrogen) atoms. The van der Waals surface area contributed by atoms with Crippen molar-refractivity contribution in [3.8, 4) is 0 Å². The van der Waals surface area contributed by atoms with E-state index in [9.17, 15) is 22.8 Å². The molecule has 0 aliphatic heterocycles. The smallest absolute Gasteiger partial charge is 0.305 e. The van der Waals surface area contributed by atoms with Crippen molar-refractivity contribution in [2.75, 3.05) is 6.54 Å². The fourth-order valence-corrected chi connectivity index (χ4v) is 3.03. The topological polar surface area (TPSA) is 156 Å². The number of nitrogens with one attached hydrogen (secondary N) is 2. The predicted molar refractivity (Wildman–Crippen MR) is 104 cm³/mol. The summed E-state index contributed by atoms with van der Waals surface area (Å²) in [5, 5.41) is 18.8. The molecule has 0 saturated carbocycles. The molecule has 0 fully saturated rings. The maximum absolute atomic E-state index is 12.5. The fraction of sp³-hybridized carbons (Fsp3) is 0.211. The van der Waals surface area contributed by atoms with Crippen LogP contribution >= 0.6 is 0 Å². The third-order valence-electron chi connectivity index (χ3n) is 3.99. The molecule has 0 saturated heterocycles. The lowest BCUT2D eigenvalue weighted by atomic mass is 10.0. The molecule has 2 aromatic rings. The predicted octanol–water partition coefficient (Wildman–Crippen LogP) is 0.266. The first kappa shape index (κ1) is 22.1. The molecule has 0 aromatic heterocycles. The number of carbonyl (C=O) groups excluding carboxylic acids is 2. The van der Waals surface area contributed by atoms with Crippen LogP contribution in [0.1, 0.15) is 22.3 Å². The Bertz CT molecular complexity index is 975. The van der Waals surface area contributed by atoms with E-state index in [1.165, 1.54) is 24.3 Å². The number of carboxylic acids is 1. The normalized spacial score (nSPS) is 12.0. The minimum atomic E-state index is -3.88. The highest BCUT2D eigenvalue weighted by Gasteiger charge is 2.22. The Morgan fingerprint density at radius 2 is 1.62 bits per heavy atom. The van der Waals surface area contributed by atoms with Crippen molar-refractivity contribution in [2.24, 2.45) is 5.14 Å². The van der Waals surface area contributed by atoms with Gasteiger partial charge in [-0.25, -0.2) is 13.6 Å². The molecule has 2 amide bonds. The number of hydrogen-bond donors (Lipinski definition) is 4. The van der Waals surface area contributed by atoms with E-state index >= 15 is 0 Å². The lowest BCUT2D eigenvalue weighted by Crippen LogP contribution is -2.48. The maximum Gasteiger partial charge on any atom is 0.305 e. The van der Waals surface area contributed by atoms with Crippen LogP contribution in [0.4, 0.5) is 0 Å². The molecule has 0 aliphatic rings. The molecule has 0 bridgehead atoms. The molecule has 0 unspecified atom stereocenters. The van der Waals surface area contributed by atoms with E-state index in [2.05, 4.69) is 10.6 Å². The number of hydrogen-bond acceptors (Lipinski definition) is 5. The lowest BCUT2D eigenvalue weighted by Gasteiger charge is -2.18. The Kier molecular flexibility index (Phi) is 7.46. The van der Waals surface area contributed by atoms with E-state index < -0.39 is 33.8 Å². The van der Waals surface area contributed by atoms with Crippen molar-refractivity contribution in [1.82, 2.24) is 10.6 Å². The van der Waals surface area contributed by atoms with Gasteiger partial charge in [-0.15, -0.1) is 0 Å². The highest BCUT2D eigenvalue weighted by Crippen LogP contribution is 2.10. The molecule has 1 atom stereocenters. The van der Waals surface area contributed by atoms with Crippen LogP contribution in [-0.2, 0) is 26.0 Å². The summed E-state index contributed by atoms with van der Waals surface area (Å²) in [7, 11) is -3.88. The second kappa shape index (κ2) is 9.80. The van der Waals surface area contributed by atoms with Gasteiger partial charge in [0.15, 0.2) is 0 Å². The van der Waals surface area contributed by atoms with Gasteiger partial charge in [0.2, 0.25) is 15.9 Å². The third kappa shape index (κ3) is 7.01. The Morgan fingerprint density at radius 3 is 2.17 bits per heavy atom. The Labute approximate surface area is 168 Å². The van der Waals surface area contributed by atoms with Crippen molar-refractivity contribution in [3.63, 3.8) is 0 Å². The largest absolute Gasteiger partial charge is 0.481 e. The monoisotopic (exact) mass is 419 g/mol. The molecule has 10 heteroatoms. The van der Waals surface area contributed by atoms with Gasteiger partial charge >= 0.3 is 5.97 Å². The van der Waals surface area contributed by atoms with Gasteiger partial charge in [-0.1, -0.05) is 30.3 Å². The zero-order chi connectivity index (χ0) is 21.4. The van der Waals surface area contributed by atoms with Crippen LogP contribution in [0.2, 0.25) is 0 Å².